The zero-order chi connectivity index (χ0) is 10.2. The van der Waals surface area contributed by atoms with Crippen LogP contribution >= 0.6 is 0 Å². The van der Waals surface area contributed by atoms with Crippen molar-refractivity contribution < 1.29 is 0 Å². The lowest BCUT2D eigenvalue weighted by Crippen LogP contribution is -2.55. The molecule has 1 N–H and O–H groups in total. The first-order valence-corrected chi connectivity index (χ1v) is 5.54. The molecule has 14 heavy (non-hydrogen) atoms. The van der Waals surface area contributed by atoms with Gasteiger partial charge in [0.2, 0.25) is 0 Å². The first-order chi connectivity index (χ1) is 6.65. The summed E-state index contributed by atoms with van der Waals surface area (Å²) in [5, 5.41) is 12.5. The normalized spacial score (nSPS) is 36.4. The SMILES string of the molecule is CC1CN(CC2(C#N)CC2)C(C)CN1. The monoisotopic (exact) mass is 193 g/mol. The molecular formula is C11H19N3. The summed E-state index contributed by atoms with van der Waals surface area (Å²) >= 11 is 0. The number of nitriles is 1. The first-order valence-electron chi connectivity index (χ1n) is 5.54. The molecule has 1 aliphatic heterocycles. The van der Waals surface area contributed by atoms with Gasteiger partial charge in [-0.2, -0.15) is 5.26 Å². The third-order valence-electron chi connectivity index (χ3n) is 3.49. The van der Waals surface area contributed by atoms with Gasteiger partial charge in [0.05, 0.1) is 11.5 Å². The smallest absolute Gasteiger partial charge is 0.0703 e. The Bertz CT molecular complexity index is 252. The largest absolute Gasteiger partial charge is 0.311 e. The second kappa shape index (κ2) is 3.52. The van der Waals surface area contributed by atoms with E-state index in [0.717, 1.165) is 32.5 Å². The van der Waals surface area contributed by atoms with Crippen molar-refractivity contribution >= 4 is 0 Å². The molecule has 2 aliphatic rings. The van der Waals surface area contributed by atoms with E-state index in [2.05, 4.69) is 30.1 Å². The Morgan fingerprint density at radius 3 is 2.79 bits per heavy atom. The highest BCUT2D eigenvalue weighted by Gasteiger charge is 2.45. The molecule has 0 bridgehead atoms. The number of rotatable bonds is 2. The van der Waals surface area contributed by atoms with Crippen molar-refractivity contribution in [2.75, 3.05) is 19.6 Å². The summed E-state index contributed by atoms with van der Waals surface area (Å²) in [5.41, 5.74) is 0.0192. The van der Waals surface area contributed by atoms with Crippen LogP contribution in [0.15, 0.2) is 0 Å². The highest BCUT2D eigenvalue weighted by atomic mass is 15.2. The van der Waals surface area contributed by atoms with Gasteiger partial charge in [-0.1, -0.05) is 0 Å². The average molecular weight is 193 g/mol. The summed E-state index contributed by atoms with van der Waals surface area (Å²) < 4.78 is 0. The van der Waals surface area contributed by atoms with Crippen LogP contribution in [0.3, 0.4) is 0 Å². The molecule has 1 saturated heterocycles. The maximum Gasteiger partial charge on any atom is 0.0703 e. The molecule has 3 heteroatoms. The molecule has 3 nitrogen and oxygen atoms in total. The van der Waals surface area contributed by atoms with Crippen molar-refractivity contribution in [3.05, 3.63) is 0 Å². The Balaban J connectivity index is 1.93. The fraction of sp³-hybridized carbons (Fsp3) is 0.909. The lowest BCUT2D eigenvalue weighted by molar-refractivity contribution is 0.130. The van der Waals surface area contributed by atoms with Crippen LogP contribution in [-0.4, -0.2) is 36.6 Å². The Labute approximate surface area is 86.1 Å². The second-order valence-corrected chi connectivity index (χ2v) is 4.98. The van der Waals surface area contributed by atoms with Gasteiger partial charge in [-0.3, -0.25) is 4.90 Å². The van der Waals surface area contributed by atoms with Crippen molar-refractivity contribution in [1.82, 2.24) is 10.2 Å². The van der Waals surface area contributed by atoms with Gasteiger partial charge in [0.1, 0.15) is 0 Å². The highest BCUT2D eigenvalue weighted by Crippen LogP contribution is 2.45. The molecule has 1 saturated carbocycles. The van der Waals surface area contributed by atoms with Gasteiger partial charge >= 0.3 is 0 Å². The van der Waals surface area contributed by atoms with E-state index >= 15 is 0 Å². The maximum absolute atomic E-state index is 9.05. The molecule has 2 fully saturated rings. The van der Waals surface area contributed by atoms with Crippen LogP contribution in [0.25, 0.3) is 0 Å². The summed E-state index contributed by atoms with van der Waals surface area (Å²) in [6.45, 7) is 7.58. The zero-order valence-corrected chi connectivity index (χ0v) is 9.08. The van der Waals surface area contributed by atoms with E-state index in [-0.39, 0.29) is 5.41 Å². The Kier molecular flexibility index (Phi) is 2.50. The van der Waals surface area contributed by atoms with E-state index in [0.29, 0.717) is 12.1 Å². The Morgan fingerprint density at radius 2 is 2.21 bits per heavy atom. The lowest BCUT2D eigenvalue weighted by atomic mass is 10.0. The summed E-state index contributed by atoms with van der Waals surface area (Å²) in [6.07, 6.45) is 2.21. The van der Waals surface area contributed by atoms with Gasteiger partial charge < -0.3 is 5.32 Å². The van der Waals surface area contributed by atoms with Crippen molar-refractivity contribution in [2.24, 2.45) is 5.41 Å². The lowest BCUT2D eigenvalue weighted by Gasteiger charge is -2.38. The minimum Gasteiger partial charge on any atom is -0.311 e. The van der Waals surface area contributed by atoms with E-state index in [1.807, 2.05) is 0 Å². The summed E-state index contributed by atoms with van der Waals surface area (Å²) in [5.74, 6) is 0. The van der Waals surface area contributed by atoms with Crippen molar-refractivity contribution in [1.29, 1.82) is 5.26 Å². The Morgan fingerprint density at radius 1 is 1.50 bits per heavy atom. The average Bonchev–Trinajstić information content (AvgIpc) is 2.92. The molecule has 0 aromatic heterocycles. The molecule has 1 heterocycles. The minimum absolute atomic E-state index is 0.0192. The predicted molar refractivity (Wildman–Crippen MR) is 55.8 cm³/mol. The molecule has 2 atom stereocenters. The van der Waals surface area contributed by atoms with Crippen molar-refractivity contribution in [3.8, 4) is 6.07 Å². The molecule has 0 amide bonds. The number of nitrogens with zero attached hydrogens (tertiary/aromatic N) is 2. The van der Waals surface area contributed by atoms with E-state index in [1.165, 1.54) is 0 Å². The molecule has 0 radical (unpaired) electrons. The fourth-order valence-corrected chi connectivity index (χ4v) is 2.16. The summed E-state index contributed by atoms with van der Waals surface area (Å²) in [7, 11) is 0. The standard InChI is InChI=1S/C11H19N3/c1-9-6-14(10(2)5-13-9)8-11(7-12)3-4-11/h9-10,13H,3-6,8H2,1-2H3. The van der Waals surface area contributed by atoms with Crippen LogP contribution in [0.1, 0.15) is 26.7 Å². The van der Waals surface area contributed by atoms with Gasteiger partial charge in [-0.05, 0) is 26.7 Å². The third kappa shape index (κ3) is 1.92. The van der Waals surface area contributed by atoms with Crippen LogP contribution in [0.5, 0.6) is 0 Å². The second-order valence-electron chi connectivity index (χ2n) is 4.98. The molecular weight excluding hydrogens is 174 g/mol. The molecule has 78 valence electrons. The molecule has 1 aliphatic carbocycles. The highest BCUT2D eigenvalue weighted by molar-refractivity contribution is 5.12. The fourth-order valence-electron chi connectivity index (χ4n) is 2.16. The van der Waals surface area contributed by atoms with Crippen LogP contribution < -0.4 is 5.32 Å². The third-order valence-corrected chi connectivity index (χ3v) is 3.49. The van der Waals surface area contributed by atoms with E-state index in [9.17, 15) is 0 Å². The zero-order valence-electron chi connectivity index (χ0n) is 9.08. The van der Waals surface area contributed by atoms with Crippen LogP contribution in [0.2, 0.25) is 0 Å². The predicted octanol–water partition coefficient (Wildman–Crippen LogP) is 0.972. The first kappa shape index (κ1) is 9.95. The number of hydrogen-bond donors (Lipinski definition) is 1. The summed E-state index contributed by atoms with van der Waals surface area (Å²) in [6, 6.07) is 3.62. The number of piperazine rings is 1. The van der Waals surface area contributed by atoms with E-state index in [1.54, 1.807) is 0 Å². The van der Waals surface area contributed by atoms with E-state index < -0.39 is 0 Å². The van der Waals surface area contributed by atoms with Gasteiger partial charge in [0, 0.05) is 31.7 Å². The molecule has 2 unspecified atom stereocenters. The quantitative estimate of drug-likeness (QED) is 0.710. The van der Waals surface area contributed by atoms with Gasteiger partial charge in [-0.15, -0.1) is 0 Å². The topological polar surface area (TPSA) is 39.1 Å². The molecule has 2 rings (SSSR count). The van der Waals surface area contributed by atoms with Crippen LogP contribution in [-0.2, 0) is 0 Å². The summed E-state index contributed by atoms with van der Waals surface area (Å²) in [4.78, 5) is 2.47. The van der Waals surface area contributed by atoms with Crippen LogP contribution in [0, 0.1) is 16.7 Å². The number of nitrogens with one attached hydrogen (secondary N) is 1. The van der Waals surface area contributed by atoms with E-state index in [4.69, 9.17) is 5.26 Å². The van der Waals surface area contributed by atoms with Gasteiger partial charge in [0.25, 0.3) is 0 Å². The molecule has 0 aromatic rings. The minimum atomic E-state index is 0.0192. The molecule has 0 aromatic carbocycles. The van der Waals surface area contributed by atoms with Crippen molar-refractivity contribution in [2.45, 2.75) is 38.8 Å². The van der Waals surface area contributed by atoms with Crippen molar-refractivity contribution in [3.63, 3.8) is 0 Å². The van der Waals surface area contributed by atoms with Crippen LogP contribution in [0.4, 0.5) is 0 Å². The van der Waals surface area contributed by atoms with Gasteiger partial charge in [0.15, 0.2) is 0 Å². The Hall–Kier alpha value is -0.590. The molecule has 0 spiro atoms. The number of hydrogen-bond acceptors (Lipinski definition) is 3. The van der Waals surface area contributed by atoms with Gasteiger partial charge in [-0.25, -0.2) is 0 Å². The maximum atomic E-state index is 9.05.